The van der Waals surface area contributed by atoms with E-state index in [1.54, 1.807) is 5.57 Å². The molecule has 0 radical (unpaired) electrons. The molecule has 1 aliphatic heterocycles. The molecular formula is C15H24O. The fourth-order valence-electron chi connectivity index (χ4n) is 4.05. The van der Waals surface area contributed by atoms with Gasteiger partial charge in [0.05, 0.1) is 11.7 Å². The fraction of sp³-hybridized carbons (Fsp3) is 0.867. The molecular weight excluding hydrogens is 196 g/mol. The fourth-order valence-corrected chi connectivity index (χ4v) is 4.05. The molecule has 0 unspecified atom stereocenters. The average molecular weight is 220 g/mol. The summed E-state index contributed by atoms with van der Waals surface area (Å²) in [5.74, 6) is 0.894. The van der Waals surface area contributed by atoms with E-state index in [2.05, 4.69) is 13.0 Å². The monoisotopic (exact) mass is 220 g/mol. The van der Waals surface area contributed by atoms with Crippen LogP contribution in [0.25, 0.3) is 0 Å². The molecule has 2 aliphatic carbocycles. The third-order valence-corrected chi connectivity index (χ3v) is 4.91. The number of rotatable bonds is 0. The van der Waals surface area contributed by atoms with E-state index < -0.39 is 0 Å². The van der Waals surface area contributed by atoms with E-state index in [9.17, 15) is 0 Å². The molecule has 0 aromatic heterocycles. The van der Waals surface area contributed by atoms with E-state index in [0.717, 1.165) is 5.92 Å². The number of hydrogen-bond acceptors (Lipinski definition) is 1. The number of allylic oxidation sites excluding steroid dienone is 1. The number of fused-ring (bicyclic) bond motifs is 1. The summed E-state index contributed by atoms with van der Waals surface area (Å²) >= 11 is 0. The molecule has 0 N–H and O–H groups in total. The van der Waals surface area contributed by atoms with Crippen LogP contribution in [-0.2, 0) is 4.74 Å². The van der Waals surface area contributed by atoms with Crippen molar-refractivity contribution in [1.29, 1.82) is 0 Å². The van der Waals surface area contributed by atoms with Crippen molar-refractivity contribution in [3.8, 4) is 0 Å². The van der Waals surface area contributed by atoms with Gasteiger partial charge in [-0.1, -0.05) is 24.5 Å². The Kier molecular flexibility index (Phi) is 2.83. The summed E-state index contributed by atoms with van der Waals surface area (Å²) in [6, 6.07) is 0. The Morgan fingerprint density at radius 1 is 1.19 bits per heavy atom. The third-order valence-electron chi connectivity index (χ3n) is 4.91. The minimum Gasteiger partial charge on any atom is -0.371 e. The second-order valence-electron chi connectivity index (χ2n) is 6.19. The van der Waals surface area contributed by atoms with Crippen LogP contribution in [0.5, 0.6) is 0 Å². The van der Waals surface area contributed by atoms with Gasteiger partial charge in [0.25, 0.3) is 0 Å². The average Bonchev–Trinajstić information content (AvgIpc) is 2.28. The Morgan fingerprint density at radius 2 is 2.06 bits per heavy atom. The molecule has 3 rings (SSSR count). The van der Waals surface area contributed by atoms with Gasteiger partial charge in [0.15, 0.2) is 0 Å². The Balaban J connectivity index is 1.72. The Hall–Kier alpha value is -0.300. The zero-order chi connectivity index (χ0) is 11.0. The maximum absolute atomic E-state index is 6.55. The van der Waals surface area contributed by atoms with Crippen molar-refractivity contribution in [3.63, 3.8) is 0 Å². The van der Waals surface area contributed by atoms with Crippen LogP contribution < -0.4 is 0 Å². The molecule has 1 saturated carbocycles. The lowest BCUT2D eigenvalue weighted by Gasteiger charge is -2.48. The van der Waals surface area contributed by atoms with Gasteiger partial charge in [-0.3, -0.25) is 0 Å². The van der Waals surface area contributed by atoms with Gasteiger partial charge in [-0.05, 0) is 57.8 Å². The highest BCUT2D eigenvalue weighted by Gasteiger charge is 2.42. The standard InChI is InChI=1S/C15H24O/c1-12-5-4-9-15(11-12)10-8-13-6-2-3-7-14(13)16-15/h5,13-14H,2-4,6-11H2,1H3/t13-,14+,15-/m1/s1. The van der Waals surface area contributed by atoms with E-state index in [0.29, 0.717) is 6.10 Å². The minimum absolute atomic E-state index is 0.247. The molecule has 1 heterocycles. The summed E-state index contributed by atoms with van der Waals surface area (Å²) in [5, 5.41) is 0. The van der Waals surface area contributed by atoms with E-state index in [-0.39, 0.29) is 5.60 Å². The van der Waals surface area contributed by atoms with Gasteiger partial charge in [-0.2, -0.15) is 0 Å². The molecule has 1 heteroatoms. The summed E-state index contributed by atoms with van der Waals surface area (Å²) < 4.78 is 6.55. The maximum Gasteiger partial charge on any atom is 0.0726 e. The summed E-state index contributed by atoms with van der Waals surface area (Å²) in [6.45, 7) is 2.28. The molecule has 90 valence electrons. The van der Waals surface area contributed by atoms with Gasteiger partial charge in [0.1, 0.15) is 0 Å². The van der Waals surface area contributed by atoms with Crippen molar-refractivity contribution < 1.29 is 4.74 Å². The lowest BCUT2D eigenvalue weighted by molar-refractivity contribution is -0.168. The smallest absolute Gasteiger partial charge is 0.0726 e. The van der Waals surface area contributed by atoms with Crippen molar-refractivity contribution in [3.05, 3.63) is 11.6 Å². The van der Waals surface area contributed by atoms with Crippen LogP contribution in [0.4, 0.5) is 0 Å². The number of ether oxygens (including phenoxy) is 1. The molecule has 3 aliphatic rings. The molecule has 1 nitrogen and oxygen atoms in total. The largest absolute Gasteiger partial charge is 0.371 e. The van der Waals surface area contributed by atoms with Crippen molar-refractivity contribution in [1.82, 2.24) is 0 Å². The molecule has 0 bridgehead atoms. The molecule has 3 atom stereocenters. The van der Waals surface area contributed by atoms with Crippen LogP contribution in [0.15, 0.2) is 11.6 Å². The quantitative estimate of drug-likeness (QED) is 0.555. The Labute approximate surface area is 99.3 Å². The zero-order valence-corrected chi connectivity index (χ0v) is 10.5. The first-order chi connectivity index (χ1) is 7.77. The van der Waals surface area contributed by atoms with Gasteiger partial charge in [-0.15, -0.1) is 0 Å². The van der Waals surface area contributed by atoms with Crippen molar-refractivity contribution in [2.45, 2.75) is 76.4 Å². The van der Waals surface area contributed by atoms with Gasteiger partial charge < -0.3 is 4.74 Å². The van der Waals surface area contributed by atoms with Gasteiger partial charge in [0, 0.05) is 0 Å². The predicted molar refractivity (Wildman–Crippen MR) is 66.4 cm³/mol. The summed E-state index contributed by atoms with van der Waals surface area (Å²) in [7, 11) is 0. The van der Waals surface area contributed by atoms with Crippen molar-refractivity contribution >= 4 is 0 Å². The lowest BCUT2D eigenvalue weighted by atomic mass is 9.73. The van der Waals surface area contributed by atoms with Crippen LogP contribution >= 0.6 is 0 Å². The van der Waals surface area contributed by atoms with E-state index in [1.807, 2.05) is 0 Å². The zero-order valence-electron chi connectivity index (χ0n) is 10.5. The lowest BCUT2D eigenvalue weighted by Crippen LogP contribution is -2.47. The van der Waals surface area contributed by atoms with Crippen LogP contribution in [0.1, 0.15) is 64.7 Å². The highest BCUT2D eigenvalue weighted by Crippen LogP contribution is 2.46. The summed E-state index contributed by atoms with van der Waals surface area (Å²) in [4.78, 5) is 0. The molecule has 1 spiro atoms. The van der Waals surface area contributed by atoms with Crippen LogP contribution in [-0.4, -0.2) is 11.7 Å². The maximum atomic E-state index is 6.55. The topological polar surface area (TPSA) is 9.23 Å². The van der Waals surface area contributed by atoms with Crippen LogP contribution in [0, 0.1) is 5.92 Å². The van der Waals surface area contributed by atoms with Crippen molar-refractivity contribution in [2.24, 2.45) is 5.92 Å². The van der Waals surface area contributed by atoms with Crippen molar-refractivity contribution in [2.75, 3.05) is 0 Å². The first-order valence-electron chi connectivity index (χ1n) is 7.11. The molecule has 0 aromatic carbocycles. The van der Waals surface area contributed by atoms with E-state index in [4.69, 9.17) is 4.74 Å². The van der Waals surface area contributed by atoms with Gasteiger partial charge in [-0.25, -0.2) is 0 Å². The van der Waals surface area contributed by atoms with Gasteiger partial charge in [0.2, 0.25) is 0 Å². The third kappa shape index (κ3) is 1.95. The van der Waals surface area contributed by atoms with E-state index in [1.165, 1.54) is 57.8 Å². The summed E-state index contributed by atoms with van der Waals surface area (Å²) in [5.41, 5.74) is 1.80. The number of hydrogen-bond donors (Lipinski definition) is 0. The van der Waals surface area contributed by atoms with Crippen LogP contribution in [0.3, 0.4) is 0 Å². The molecule has 0 aromatic rings. The summed E-state index contributed by atoms with van der Waals surface area (Å²) in [6.07, 6.45) is 15.1. The van der Waals surface area contributed by atoms with Crippen LogP contribution in [0.2, 0.25) is 0 Å². The normalized spacial score (nSPS) is 43.9. The van der Waals surface area contributed by atoms with Gasteiger partial charge >= 0.3 is 0 Å². The molecule has 16 heavy (non-hydrogen) atoms. The molecule has 0 amide bonds. The first-order valence-corrected chi connectivity index (χ1v) is 7.11. The second-order valence-corrected chi connectivity index (χ2v) is 6.19. The molecule has 2 fully saturated rings. The first kappa shape index (κ1) is 10.8. The Bertz CT molecular complexity index is 294. The Morgan fingerprint density at radius 3 is 2.94 bits per heavy atom. The predicted octanol–water partition coefficient (Wildman–Crippen LogP) is 4.22. The minimum atomic E-state index is 0.247. The SMILES string of the molecule is CC1=CCC[C@@]2(CC[C@H]3CCCC[C@@H]3O2)C1. The molecule has 1 saturated heterocycles. The highest BCUT2D eigenvalue weighted by atomic mass is 16.5. The van der Waals surface area contributed by atoms with E-state index >= 15 is 0 Å². The second kappa shape index (κ2) is 4.18. The highest BCUT2D eigenvalue weighted by molar-refractivity contribution is 5.10.